The first-order valence-corrected chi connectivity index (χ1v) is 5.95. The van der Waals surface area contributed by atoms with Crippen molar-refractivity contribution in [1.82, 2.24) is 10.2 Å². The number of piperazine rings is 1. The van der Waals surface area contributed by atoms with Gasteiger partial charge in [0.2, 0.25) is 5.91 Å². The summed E-state index contributed by atoms with van der Waals surface area (Å²) >= 11 is 0. The Labute approximate surface area is 101 Å². The summed E-state index contributed by atoms with van der Waals surface area (Å²) in [5, 5.41) is 12.9. The van der Waals surface area contributed by atoms with Crippen LogP contribution in [0.3, 0.4) is 0 Å². The standard InChI is InChI=1S/C13H18N2O2/c1-10-9-15(7-6-14-10)13(17)8-11-4-2-3-5-12(11)16/h2-5,10,14,16H,6-9H2,1H3/t10-/m0/s1. The SMILES string of the molecule is C[C@H]1CN(C(=O)Cc2ccccc2O)CCN1. The van der Waals surface area contributed by atoms with Gasteiger partial charge in [0, 0.05) is 31.2 Å². The van der Waals surface area contributed by atoms with Gasteiger partial charge in [0.25, 0.3) is 0 Å². The number of phenols is 1. The van der Waals surface area contributed by atoms with E-state index in [2.05, 4.69) is 12.2 Å². The highest BCUT2D eigenvalue weighted by Crippen LogP contribution is 2.17. The van der Waals surface area contributed by atoms with Gasteiger partial charge in [0.05, 0.1) is 6.42 Å². The number of carbonyl (C=O) groups is 1. The molecule has 17 heavy (non-hydrogen) atoms. The van der Waals surface area contributed by atoms with Crippen LogP contribution in [0.5, 0.6) is 5.75 Å². The molecule has 1 aliphatic heterocycles. The summed E-state index contributed by atoms with van der Waals surface area (Å²) in [5.74, 6) is 0.281. The number of phenolic OH excluding ortho intramolecular Hbond substituents is 1. The van der Waals surface area contributed by atoms with Gasteiger partial charge < -0.3 is 15.3 Å². The smallest absolute Gasteiger partial charge is 0.227 e. The van der Waals surface area contributed by atoms with E-state index < -0.39 is 0 Å². The van der Waals surface area contributed by atoms with Gasteiger partial charge in [0.1, 0.15) is 5.75 Å². The van der Waals surface area contributed by atoms with Crippen molar-refractivity contribution in [3.63, 3.8) is 0 Å². The maximum absolute atomic E-state index is 12.1. The van der Waals surface area contributed by atoms with Crippen molar-refractivity contribution in [3.05, 3.63) is 29.8 Å². The molecule has 1 aliphatic rings. The molecule has 1 amide bonds. The van der Waals surface area contributed by atoms with Gasteiger partial charge in [-0.2, -0.15) is 0 Å². The topological polar surface area (TPSA) is 52.6 Å². The van der Waals surface area contributed by atoms with Crippen molar-refractivity contribution in [1.29, 1.82) is 0 Å². The molecule has 92 valence electrons. The fourth-order valence-corrected chi connectivity index (χ4v) is 2.09. The van der Waals surface area contributed by atoms with Crippen LogP contribution in [0, 0.1) is 0 Å². The van der Waals surface area contributed by atoms with Gasteiger partial charge in [-0.15, -0.1) is 0 Å². The second-order valence-electron chi connectivity index (χ2n) is 4.50. The van der Waals surface area contributed by atoms with Crippen molar-refractivity contribution in [2.75, 3.05) is 19.6 Å². The summed E-state index contributed by atoms with van der Waals surface area (Å²) in [7, 11) is 0. The van der Waals surface area contributed by atoms with Crippen LogP contribution in [0.2, 0.25) is 0 Å². The Morgan fingerprint density at radius 1 is 1.53 bits per heavy atom. The molecule has 1 saturated heterocycles. The molecular weight excluding hydrogens is 216 g/mol. The van der Waals surface area contributed by atoms with E-state index in [-0.39, 0.29) is 18.1 Å². The summed E-state index contributed by atoms with van der Waals surface area (Å²) in [4.78, 5) is 13.9. The third kappa shape index (κ3) is 2.97. The molecule has 1 aromatic rings. The first-order chi connectivity index (χ1) is 8.16. The Kier molecular flexibility index (Phi) is 3.64. The zero-order valence-electron chi connectivity index (χ0n) is 10.0. The van der Waals surface area contributed by atoms with Crippen LogP contribution in [0.4, 0.5) is 0 Å². The number of hydrogen-bond acceptors (Lipinski definition) is 3. The van der Waals surface area contributed by atoms with Crippen LogP contribution in [0.1, 0.15) is 12.5 Å². The molecule has 1 heterocycles. The van der Waals surface area contributed by atoms with Crippen LogP contribution < -0.4 is 5.32 Å². The summed E-state index contributed by atoms with van der Waals surface area (Å²) < 4.78 is 0. The van der Waals surface area contributed by atoms with Crippen LogP contribution in [-0.2, 0) is 11.2 Å². The molecule has 2 N–H and O–H groups in total. The first kappa shape index (κ1) is 11.9. The fraction of sp³-hybridized carbons (Fsp3) is 0.462. The molecule has 0 saturated carbocycles. The van der Waals surface area contributed by atoms with Crippen molar-refractivity contribution in [3.8, 4) is 5.75 Å². The Balaban J connectivity index is 1.99. The monoisotopic (exact) mass is 234 g/mol. The minimum absolute atomic E-state index is 0.0832. The maximum atomic E-state index is 12.1. The number of rotatable bonds is 2. The Morgan fingerprint density at radius 3 is 3.00 bits per heavy atom. The minimum atomic E-state index is 0.0832. The molecule has 0 spiro atoms. The van der Waals surface area contributed by atoms with E-state index in [4.69, 9.17) is 0 Å². The van der Waals surface area contributed by atoms with Gasteiger partial charge >= 0.3 is 0 Å². The lowest BCUT2D eigenvalue weighted by Gasteiger charge is -2.32. The molecule has 1 aromatic carbocycles. The van der Waals surface area contributed by atoms with Crippen LogP contribution in [0.25, 0.3) is 0 Å². The zero-order chi connectivity index (χ0) is 12.3. The first-order valence-electron chi connectivity index (χ1n) is 5.95. The van der Waals surface area contributed by atoms with Crippen LogP contribution in [-0.4, -0.2) is 41.6 Å². The Hall–Kier alpha value is -1.55. The summed E-state index contributed by atoms with van der Waals surface area (Å²) in [5.41, 5.74) is 0.698. The molecular formula is C13H18N2O2. The summed E-state index contributed by atoms with van der Waals surface area (Å²) in [6.45, 7) is 4.40. The van der Waals surface area contributed by atoms with E-state index in [0.717, 1.165) is 19.6 Å². The van der Waals surface area contributed by atoms with Gasteiger partial charge in [-0.05, 0) is 13.0 Å². The quantitative estimate of drug-likeness (QED) is 0.794. The van der Waals surface area contributed by atoms with Crippen LogP contribution in [0.15, 0.2) is 24.3 Å². The molecule has 0 aliphatic carbocycles. The molecule has 1 atom stereocenters. The van der Waals surface area contributed by atoms with E-state index in [1.165, 1.54) is 0 Å². The Morgan fingerprint density at radius 2 is 2.29 bits per heavy atom. The minimum Gasteiger partial charge on any atom is -0.508 e. The highest BCUT2D eigenvalue weighted by atomic mass is 16.3. The van der Waals surface area contributed by atoms with Crippen molar-refractivity contribution in [2.45, 2.75) is 19.4 Å². The number of para-hydroxylation sites is 1. The largest absolute Gasteiger partial charge is 0.508 e. The fourth-order valence-electron chi connectivity index (χ4n) is 2.09. The number of nitrogens with zero attached hydrogens (tertiary/aromatic N) is 1. The molecule has 0 unspecified atom stereocenters. The third-order valence-corrected chi connectivity index (χ3v) is 3.05. The predicted molar refractivity (Wildman–Crippen MR) is 65.9 cm³/mol. The average Bonchev–Trinajstić information content (AvgIpc) is 2.32. The van der Waals surface area contributed by atoms with E-state index >= 15 is 0 Å². The lowest BCUT2D eigenvalue weighted by Crippen LogP contribution is -2.51. The van der Waals surface area contributed by atoms with Gasteiger partial charge in [0.15, 0.2) is 0 Å². The molecule has 4 heteroatoms. The van der Waals surface area contributed by atoms with E-state index in [1.54, 1.807) is 18.2 Å². The van der Waals surface area contributed by atoms with E-state index in [0.29, 0.717) is 11.6 Å². The van der Waals surface area contributed by atoms with Crippen molar-refractivity contribution >= 4 is 5.91 Å². The molecule has 4 nitrogen and oxygen atoms in total. The molecule has 0 aromatic heterocycles. The van der Waals surface area contributed by atoms with Gasteiger partial charge in [-0.1, -0.05) is 18.2 Å². The maximum Gasteiger partial charge on any atom is 0.227 e. The second-order valence-corrected chi connectivity index (χ2v) is 4.50. The number of carbonyl (C=O) groups excluding carboxylic acids is 1. The van der Waals surface area contributed by atoms with E-state index in [1.807, 2.05) is 11.0 Å². The summed E-state index contributed by atoms with van der Waals surface area (Å²) in [6, 6.07) is 7.35. The van der Waals surface area contributed by atoms with Gasteiger partial charge in [-0.3, -0.25) is 4.79 Å². The number of amides is 1. The van der Waals surface area contributed by atoms with Crippen LogP contribution >= 0.6 is 0 Å². The van der Waals surface area contributed by atoms with Crippen molar-refractivity contribution in [2.24, 2.45) is 0 Å². The number of aromatic hydroxyl groups is 1. The molecule has 0 bridgehead atoms. The molecule has 1 fully saturated rings. The molecule has 2 rings (SSSR count). The molecule has 0 radical (unpaired) electrons. The summed E-state index contributed by atoms with van der Waals surface area (Å²) in [6.07, 6.45) is 0.277. The third-order valence-electron chi connectivity index (χ3n) is 3.05. The lowest BCUT2D eigenvalue weighted by molar-refractivity contribution is -0.131. The Bertz CT molecular complexity index is 406. The second kappa shape index (κ2) is 5.19. The van der Waals surface area contributed by atoms with Crippen molar-refractivity contribution < 1.29 is 9.90 Å². The normalized spacial score (nSPS) is 20.3. The van der Waals surface area contributed by atoms with Gasteiger partial charge in [-0.25, -0.2) is 0 Å². The lowest BCUT2D eigenvalue weighted by atomic mass is 10.1. The zero-order valence-corrected chi connectivity index (χ0v) is 10.0. The average molecular weight is 234 g/mol. The van der Waals surface area contributed by atoms with E-state index in [9.17, 15) is 9.90 Å². The highest BCUT2D eigenvalue weighted by molar-refractivity contribution is 5.79. The number of hydrogen-bond donors (Lipinski definition) is 2. The number of nitrogens with one attached hydrogen (secondary N) is 1. The number of benzene rings is 1. The predicted octanol–water partition coefficient (Wildman–Crippen LogP) is 0.755. The highest BCUT2D eigenvalue weighted by Gasteiger charge is 2.20.